The molecule has 0 aliphatic carbocycles. The second-order valence-corrected chi connectivity index (χ2v) is 1.90. The highest BCUT2D eigenvalue weighted by molar-refractivity contribution is 7.98. The molecule has 6 heavy (non-hydrogen) atoms. The standard InChI is InChI=1S/C3H5N2S/c1-3-2-6-5-4-3/h3H,1-2H2. The lowest BCUT2D eigenvalue weighted by Gasteiger charge is -1.83. The summed E-state index contributed by atoms with van der Waals surface area (Å²) in [6.07, 6.45) is 0. The van der Waals surface area contributed by atoms with Crippen LogP contribution in [0.1, 0.15) is 0 Å². The van der Waals surface area contributed by atoms with Crippen LogP contribution in [0, 0.1) is 6.92 Å². The molecule has 1 rings (SSSR count). The molecule has 0 bridgehead atoms. The molecule has 3 heteroatoms. The van der Waals surface area contributed by atoms with E-state index in [1.165, 1.54) is 11.9 Å². The second kappa shape index (κ2) is 1.60. The summed E-state index contributed by atoms with van der Waals surface area (Å²) in [4.78, 5) is 0. The first-order valence-electron chi connectivity index (χ1n) is 1.75. The van der Waals surface area contributed by atoms with Crippen LogP contribution >= 0.6 is 11.9 Å². The van der Waals surface area contributed by atoms with Crippen molar-refractivity contribution in [2.24, 2.45) is 9.63 Å². The first-order chi connectivity index (χ1) is 2.89. The van der Waals surface area contributed by atoms with E-state index in [4.69, 9.17) is 0 Å². The summed E-state index contributed by atoms with van der Waals surface area (Å²) in [5.74, 6) is 0.958. The number of hydrogen-bond donors (Lipinski definition) is 0. The van der Waals surface area contributed by atoms with E-state index in [9.17, 15) is 0 Å². The van der Waals surface area contributed by atoms with Gasteiger partial charge >= 0.3 is 0 Å². The van der Waals surface area contributed by atoms with Crippen molar-refractivity contribution in [2.45, 2.75) is 6.04 Å². The summed E-state index contributed by atoms with van der Waals surface area (Å²) < 4.78 is 3.64. The summed E-state index contributed by atoms with van der Waals surface area (Å²) in [6, 6.07) is 0.218. The molecule has 1 unspecified atom stereocenters. The van der Waals surface area contributed by atoms with Crippen LogP contribution in [0.5, 0.6) is 0 Å². The van der Waals surface area contributed by atoms with Gasteiger partial charge in [-0.3, -0.25) is 0 Å². The molecular formula is C3H5N2S. The number of nitrogens with zero attached hydrogens (tertiary/aromatic N) is 2. The third kappa shape index (κ3) is 0.712. The Kier molecular flexibility index (Phi) is 1.10. The van der Waals surface area contributed by atoms with Crippen molar-refractivity contribution >= 4 is 11.9 Å². The lowest BCUT2D eigenvalue weighted by Crippen LogP contribution is -1.93. The van der Waals surface area contributed by atoms with Gasteiger partial charge in [0.05, 0.1) is 6.04 Å². The van der Waals surface area contributed by atoms with E-state index in [1.54, 1.807) is 0 Å². The molecule has 1 heterocycles. The molecule has 2 nitrogen and oxygen atoms in total. The molecule has 0 spiro atoms. The summed E-state index contributed by atoms with van der Waals surface area (Å²) in [5.41, 5.74) is 0. The van der Waals surface area contributed by atoms with E-state index in [-0.39, 0.29) is 6.04 Å². The molecule has 0 aromatic carbocycles. The third-order valence-electron chi connectivity index (χ3n) is 0.535. The smallest absolute Gasteiger partial charge is 0.0828 e. The topological polar surface area (TPSA) is 24.7 Å². The SMILES string of the molecule is [CH2]C1CSN=N1. The van der Waals surface area contributed by atoms with Crippen molar-refractivity contribution in [1.82, 2.24) is 0 Å². The van der Waals surface area contributed by atoms with E-state index in [0.717, 1.165) is 5.75 Å². The van der Waals surface area contributed by atoms with Gasteiger partial charge in [-0.25, -0.2) is 0 Å². The van der Waals surface area contributed by atoms with Crippen molar-refractivity contribution in [3.8, 4) is 0 Å². The van der Waals surface area contributed by atoms with Crippen molar-refractivity contribution in [3.63, 3.8) is 0 Å². The highest BCUT2D eigenvalue weighted by Gasteiger charge is 2.03. The van der Waals surface area contributed by atoms with Gasteiger partial charge in [-0.05, 0) is 18.9 Å². The van der Waals surface area contributed by atoms with Gasteiger partial charge in [0.1, 0.15) is 0 Å². The van der Waals surface area contributed by atoms with E-state index in [1.807, 2.05) is 0 Å². The normalized spacial score (nSPS) is 31.8. The van der Waals surface area contributed by atoms with Crippen LogP contribution in [0.4, 0.5) is 0 Å². The Hall–Kier alpha value is -0.0500. The Bertz CT molecular complexity index is 71.2. The van der Waals surface area contributed by atoms with Crippen LogP contribution in [-0.2, 0) is 0 Å². The van der Waals surface area contributed by atoms with Gasteiger partial charge in [0, 0.05) is 5.75 Å². The molecule has 1 radical (unpaired) electrons. The fourth-order valence-electron chi connectivity index (χ4n) is 0.253. The minimum atomic E-state index is 0.218. The Morgan fingerprint density at radius 3 is 2.83 bits per heavy atom. The Morgan fingerprint density at radius 1 is 1.83 bits per heavy atom. The number of hydrogen-bond acceptors (Lipinski definition) is 3. The second-order valence-electron chi connectivity index (χ2n) is 1.15. The maximum Gasteiger partial charge on any atom is 0.0828 e. The van der Waals surface area contributed by atoms with Crippen molar-refractivity contribution in [2.75, 3.05) is 5.75 Å². The largest absolute Gasteiger partial charge is 0.178 e. The van der Waals surface area contributed by atoms with Crippen molar-refractivity contribution < 1.29 is 0 Å². The van der Waals surface area contributed by atoms with Crippen LogP contribution in [-0.4, -0.2) is 11.8 Å². The fraction of sp³-hybridized carbons (Fsp3) is 0.667. The lowest BCUT2D eigenvalue weighted by atomic mass is 10.4. The van der Waals surface area contributed by atoms with Gasteiger partial charge in [0.15, 0.2) is 0 Å². The average Bonchev–Trinajstić information content (AvgIpc) is 1.86. The molecule has 1 aliphatic rings. The van der Waals surface area contributed by atoms with Gasteiger partial charge < -0.3 is 0 Å². The molecular weight excluding hydrogens is 96.1 g/mol. The summed E-state index contributed by atoms with van der Waals surface area (Å²) >= 11 is 1.48. The van der Waals surface area contributed by atoms with Gasteiger partial charge in [0.25, 0.3) is 0 Å². The summed E-state index contributed by atoms with van der Waals surface area (Å²) in [5, 5.41) is 3.71. The average molecular weight is 101 g/mol. The first kappa shape index (κ1) is 4.12. The predicted octanol–water partition coefficient (Wildman–Crippen LogP) is 1.30. The van der Waals surface area contributed by atoms with Gasteiger partial charge in [-0.15, -0.1) is 4.52 Å². The quantitative estimate of drug-likeness (QED) is 0.422. The zero-order chi connectivity index (χ0) is 4.41. The minimum Gasteiger partial charge on any atom is -0.178 e. The predicted molar refractivity (Wildman–Crippen MR) is 26.5 cm³/mol. The van der Waals surface area contributed by atoms with Gasteiger partial charge in [0.2, 0.25) is 0 Å². The van der Waals surface area contributed by atoms with E-state index in [2.05, 4.69) is 16.6 Å². The molecule has 0 saturated heterocycles. The molecule has 33 valence electrons. The molecule has 0 N–H and O–H groups in total. The Morgan fingerprint density at radius 2 is 2.67 bits per heavy atom. The maximum atomic E-state index is 3.71. The highest BCUT2D eigenvalue weighted by Crippen LogP contribution is 2.14. The van der Waals surface area contributed by atoms with Gasteiger partial charge in [-0.2, -0.15) is 5.11 Å². The zero-order valence-electron chi connectivity index (χ0n) is 3.29. The lowest BCUT2D eigenvalue weighted by molar-refractivity contribution is 0.913. The first-order valence-corrected chi connectivity index (χ1v) is 2.69. The molecule has 0 fully saturated rings. The zero-order valence-corrected chi connectivity index (χ0v) is 4.11. The molecule has 0 saturated carbocycles. The monoisotopic (exact) mass is 101 g/mol. The van der Waals surface area contributed by atoms with Crippen LogP contribution < -0.4 is 0 Å². The molecule has 1 aliphatic heterocycles. The maximum absolute atomic E-state index is 3.71. The third-order valence-corrected chi connectivity index (χ3v) is 1.28. The Labute approximate surface area is 41.2 Å². The number of rotatable bonds is 0. The molecule has 0 aromatic rings. The van der Waals surface area contributed by atoms with Crippen LogP contribution in [0.2, 0.25) is 0 Å². The minimum absolute atomic E-state index is 0.218. The fourth-order valence-corrected chi connectivity index (χ4v) is 0.758. The summed E-state index contributed by atoms with van der Waals surface area (Å²) in [6.45, 7) is 3.66. The van der Waals surface area contributed by atoms with E-state index in [0.29, 0.717) is 0 Å². The van der Waals surface area contributed by atoms with E-state index >= 15 is 0 Å². The van der Waals surface area contributed by atoms with Crippen LogP contribution in [0.15, 0.2) is 9.63 Å². The van der Waals surface area contributed by atoms with Crippen LogP contribution in [0.3, 0.4) is 0 Å². The van der Waals surface area contributed by atoms with Crippen molar-refractivity contribution in [1.29, 1.82) is 0 Å². The van der Waals surface area contributed by atoms with Crippen LogP contribution in [0.25, 0.3) is 0 Å². The summed E-state index contributed by atoms with van der Waals surface area (Å²) in [7, 11) is 0. The van der Waals surface area contributed by atoms with Gasteiger partial charge in [-0.1, -0.05) is 0 Å². The molecule has 1 atom stereocenters. The molecule has 0 aromatic heterocycles. The van der Waals surface area contributed by atoms with E-state index < -0.39 is 0 Å². The van der Waals surface area contributed by atoms with Crippen molar-refractivity contribution in [3.05, 3.63) is 6.92 Å². The molecule has 0 amide bonds. The Balaban J connectivity index is 2.38. The highest BCUT2D eigenvalue weighted by atomic mass is 32.2.